The highest BCUT2D eigenvalue weighted by Gasteiger charge is 2.16. The molecule has 3 aromatic rings. The van der Waals surface area contributed by atoms with Crippen LogP contribution in [0.25, 0.3) is 10.9 Å². The van der Waals surface area contributed by atoms with Gasteiger partial charge in [-0.1, -0.05) is 18.2 Å². The van der Waals surface area contributed by atoms with E-state index in [1.165, 1.54) is 12.3 Å². The number of hydrogen-bond acceptors (Lipinski definition) is 4. The number of halogens is 1. The maximum atomic E-state index is 13.4. The van der Waals surface area contributed by atoms with Crippen LogP contribution < -0.4 is 11.3 Å². The van der Waals surface area contributed by atoms with Crippen molar-refractivity contribution in [1.29, 1.82) is 0 Å². The molecule has 0 amide bonds. The number of pyridine rings is 2. The van der Waals surface area contributed by atoms with Crippen molar-refractivity contribution < 1.29 is 4.39 Å². The summed E-state index contributed by atoms with van der Waals surface area (Å²) in [6.45, 7) is 0. The van der Waals surface area contributed by atoms with E-state index in [4.69, 9.17) is 5.84 Å². The fourth-order valence-corrected chi connectivity index (χ4v) is 2.32. The molecule has 2 aromatic heterocycles. The number of nitrogens with one attached hydrogen (secondary N) is 1. The maximum absolute atomic E-state index is 13.4. The molecule has 0 radical (unpaired) electrons. The van der Waals surface area contributed by atoms with E-state index in [1.54, 1.807) is 12.4 Å². The van der Waals surface area contributed by atoms with Crippen LogP contribution in [0.3, 0.4) is 0 Å². The van der Waals surface area contributed by atoms with Gasteiger partial charge < -0.3 is 0 Å². The van der Waals surface area contributed by atoms with Crippen molar-refractivity contribution in [3.8, 4) is 0 Å². The van der Waals surface area contributed by atoms with E-state index >= 15 is 0 Å². The van der Waals surface area contributed by atoms with E-state index < -0.39 is 0 Å². The van der Waals surface area contributed by atoms with Crippen LogP contribution in [0.2, 0.25) is 0 Å². The molecule has 0 aliphatic rings. The number of fused-ring (bicyclic) bond motifs is 1. The second-order valence-electron chi connectivity index (χ2n) is 4.45. The molecule has 4 nitrogen and oxygen atoms in total. The minimum Gasteiger partial charge on any atom is -0.271 e. The quantitative estimate of drug-likeness (QED) is 0.565. The van der Waals surface area contributed by atoms with E-state index in [9.17, 15) is 4.39 Å². The number of hydrazine groups is 1. The fraction of sp³-hybridized carbons (Fsp3) is 0.0667. The first-order valence-corrected chi connectivity index (χ1v) is 6.20. The average molecular weight is 268 g/mol. The van der Waals surface area contributed by atoms with Gasteiger partial charge in [-0.3, -0.25) is 15.8 Å². The molecule has 20 heavy (non-hydrogen) atoms. The number of benzene rings is 1. The molecular weight excluding hydrogens is 255 g/mol. The molecular formula is C15H13FN4. The predicted octanol–water partition coefficient (Wildman–Crippen LogP) is 2.32. The highest BCUT2D eigenvalue weighted by molar-refractivity contribution is 5.82. The van der Waals surface area contributed by atoms with Gasteiger partial charge in [-0.25, -0.2) is 9.82 Å². The summed E-state index contributed by atoms with van der Waals surface area (Å²) in [5.41, 5.74) is 5.20. The Balaban J connectivity index is 2.17. The number of nitrogens with two attached hydrogens (primary N) is 1. The summed E-state index contributed by atoms with van der Waals surface area (Å²) in [5, 5.41) is 0.974. The molecule has 5 heteroatoms. The number of nitrogens with zero attached hydrogens (tertiary/aromatic N) is 2. The number of para-hydroxylation sites is 1. The largest absolute Gasteiger partial charge is 0.271 e. The van der Waals surface area contributed by atoms with Gasteiger partial charge in [-0.2, -0.15) is 0 Å². The van der Waals surface area contributed by atoms with Crippen LogP contribution in [-0.2, 0) is 0 Å². The fourth-order valence-electron chi connectivity index (χ4n) is 2.32. The number of hydrogen-bond donors (Lipinski definition) is 2. The Hall–Kier alpha value is -2.37. The normalized spacial score (nSPS) is 12.5. The molecule has 0 bridgehead atoms. The first kappa shape index (κ1) is 12.7. The monoisotopic (exact) mass is 268 g/mol. The van der Waals surface area contributed by atoms with Gasteiger partial charge in [0, 0.05) is 17.8 Å². The Kier molecular flexibility index (Phi) is 3.37. The van der Waals surface area contributed by atoms with E-state index in [-0.39, 0.29) is 11.9 Å². The number of aromatic nitrogens is 2. The van der Waals surface area contributed by atoms with Crippen molar-refractivity contribution in [2.75, 3.05) is 0 Å². The summed E-state index contributed by atoms with van der Waals surface area (Å²) in [6, 6.07) is 10.7. The average Bonchev–Trinajstić information content (AvgIpc) is 2.48. The smallest absolute Gasteiger partial charge is 0.141 e. The van der Waals surface area contributed by atoms with Crippen LogP contribution in [0.4, 0.5) is 4.39 Å². The molecule has 0 saturated carbocycles. The van der Waals surface area contributed by atoms with Crippen molar-refractivity contribution in [1.82, 2.24) is 15.4 Å². The van der Waals surface area contributed by atoms with Gasteiger partial charge in [-0.15, -0.1) is 0 Å². The lowest BCUT2D eigenvalue weighted by molar-refractivity contribution is 0.599. The zero-order valence-electron chi connectivity index (χ0n) is 10.6. The van der Waals surface area contributed by atoms with E-state index in [0.717, 1.165) is 16.5 Å². The minimum absolute atomic E-state index is 0.342. The molecule has 3 N–H and O–H groups in total. The van der Waals surface area contributed by atoms with Gasteiger partial charge in [0.05, 0.1) is 17.8 Å². The van der Waals surface area contributed by atoms with E-state index in [2.05, 4.69) is 15.4 Å². The summed E-state index contributed by atoms with van der Waals surface area (Å²) in [4.78, 5) is 8.18. The SMILES string of the molecule is NNC(c1cncc(F)c1)c1ccnc2ccccc12. The van der Waals surface area contributed by atoms with Crippen LogP contribution >= 0.6 is 0 Å². The molecule has 2 heterocycles. The molecule has 1 aromatic carbocycles. The Morgan fingerprint density at radius 2 is 2.00 bits per heavy atom. The third-order valence-electron chi connectivity index (χ3n) is 3.22. The van der Waals surface area contributed by atoms with Gasteiger partial charge in [0.2, 0.25) is 0 Å². The van der Waals surface area contributed by atoms with Gasteiger partial charge in [0.25, 0.3) is 0 Å². The lowest BCUT2D eigenvalue weighted by Crippen LogP contribution is -2.29. The van der Waals surface area contributed by atoms with Crippen molar-refractivity contribution in [2.24, 2.45) is 5.84 Å². The summed E-state index contributed by atoms with van der Waals surface area (Å²) in [5.74, 6) is 5.27. The molecule has 0 aliphatic heterocycles. The minimum atomic E-state index is -0.388. The lowest BCUT2D eigenvalue weighted by Gasteiger charge is -2.18. The van der Waals surface area contributed by atoms with Crippen LogP contribution in [0.15, 0.2) is 55.0 Å². The number of rotatable bonds is 3. The van der Waals surface area contributed by atoms with Crippen molar-refractivity contribution >= 4 is 10.9 Å². The Morgan fingerprint density at radius 1 is 1.15 bits per heavy atom. The van der Waals surface area contributed by atoms with Crippen molar-refractivity contribution in [2.45, 2.75) is 6.04 Å². The first-order valence-electron chi connectivity index (χ1n) is 6.20. The van der Waals surface area contributed by atoms with Crippen molar-refractivity contribution in [3.63, 3.8) is 0 Å². The van der Waals surface area contributed by atoms with Gasteiger partial charge in [0.15, 0.2) is 0 Å². The molecule has 100 valence electrons. The Bertz CT molecular complexity index is 739. The molecule has 1 atom stereocenters. The van der Waals surface area contributed by atoms with Gasteiger partial charge in [-0.05, 0) is 29.3 Å². The summed E-state index contributed by atoms with van der Waals surface area (Å²) < 4.78 is 13.4. The second-order valence-corrected chi connectivity index (χ2v) is 4.45. The molecule has 1 unspecified atom stereocenters. The van der Waals surface area contributed by atoms with Gasteiger partial charge >= 0.3 is 0 Å². The highest BCUT2D eigenvalue weighted by Crippen LogP contribution is 2.27. The third-order valence-corrected chi connectivity index (χ3v) is 3.22. The van der Waals surface area contributed by atoms with Gasteiger partial charge in [0.1, 0.15) is 5.82 Å². The summed E-state index contributed by atoms with van der Waals surface area (Å²) in [7, 11) is 0. The van der Waals surface area contributed by atoms with E-state index in [1.807, 2.05) is 30.3 Å². The van der Waals surface area contributed by atoms with Crippen LogP contribution in [-0.4, -0.2) is 9.97 Å². The second kappa shape index (κ2) is 5.32. The van der Waals surface area contributed by atoms with Crippen LogP contribution in [0, 0.1) is 5.82 Å². The predicted molar refractivity (Wildman–Crippen MR) is 75.1 cm³/mol. The summed E-state index contributed by atoms with van der Waals surface area (Å²) in [6.07, 6.45) is 4.49. The highest BCUT2D eigenvalue weighted by atomic mass is 19.1. The first-order chi connectivity index (χ1) is 9.79. The van der Waals surface area contributed by atoms with Crippen LogP contribution in [0.5, 0.6) is 0 Å². The Morgan fingerprint density at radius 3 is 2.80 bits per heavy atom. The topological polar surface area (TPSA) is 63.8 Å². The zero-order valence-corrected chi connectivity index (χ0v) is 10.6. The van der Waals surface area contributed by atoms with E-state index in [0.29, 0.717) is 5.56 Å². The standard InChI is InChI=1S/C15H13FN4/c16-11-7-10(8-18-9-11)15(20-17)13-5-6-19-14-4-2-1-3-12(13)14/h1-9,15,20H,17H2. The molecule has 0 spiro atoms. The summed E-state index contributed by atoms with van der Waals surface area (Å²) >= 11 is 0. The molecule has 3 rings (SSSR count). The Labute approximate surface area is 115 Å². The van der Waals surface area contributed by atoms with Crippen molar-refractivity contribution in [3.05, 3.63) is 71.9 Å². The molecule has 0 fully saturated rings. The van der Waals surface area contributed by atoms with Crippen LogP contribution in [0.1, 0.15) is 17.2 Å². The molecule has 0 saturated heterocycles. The maximum Gasteiger partial charge on any atom is 0.141 e. The lowest BCUT2D eigenvalue weighted by atomic mass is 9.97. The molecule has 0 aliphatic carbocycles. The third kappa shape index (κ3) is 2.24. The zero-order chi connectivity index (χ0) is 13.9.